The Kier molecular flexibility index (Phi) is 34.6. The lowest BCUT2D eigenvalue weighted by Crippen LogP contribution is -2.16. The molecule has 41 heavy (non-hydrogen) atoms. The zero-order chi connectivity index (χ0) is 29.4. The molecule has 3 N–H and O–H groups in total. The molecule has 0 saturated carbocycles. The molecule has 0 saturated heterocycles. The van der Waals surface area contributed by atoms with Gasteiger partial charge in [-0.15, -0.1) is 0 Å². The van der Waals surface area contributed by atoms with Crippen LogP contribution in [0.2, 0.25) is 0 Å². The summed E-state index contributed by atoms with van der Waals surface area (Å²) in [5, 5.41) is 0. The lowest BCUT2D eigenvalue weighted by Gasteiger charge is -2.06. The van der Waals surface area contributed by atoms with E-state index < -0.39 is 16.4 Å². The SMILES string of the molecule is CCCCCCCCC=CCCCCCCCC(=O)OS(=O)(=O)OCCCCCCCCCCCCCCCC.N. The molecule has 0 fully saturated rings. The van der Waals surface area contributed by atoms with Crippen LogP contribution in [0.3, 0.4) is 0 Å². The summed E-state index contributed by atoms with van der Waals surface area (Å²) in [5.41, 5.74) is 0. The van der Waals surface area contributed by atoms with E-state index in [9.17, 15) is 13.2 Å². The Morgan fingerprint density at radius 3 is 1.27 bits per heavy atom. The van der Waals surface area contributed by atoms with Gasteiger partial charge in [-0.2, -0.15) is 8.42 Å². The van der Waals surface area contributed by atoms with Crippen LogP contribution in [0.1, 0.15) is 194 Å². The van der Waals surface area contributed by atoms with E-state index in [0.717, 1.165) is 38.5 Å². The second-order valence-corrected chi connectivity index (χ2v) is 12.8. The summed E-state index contributed by atoms with van der Waals surface area (Å²) < 4.78 is 33.2. The van der Waals surface area contributed by atoms with Crippen molar-refractivity contribution in [2.24, 2.45) is 0 Å². The highest BCUT2D eigenvalue weighted by atomic mass is 32.3. The van der Waals surface area contributed by atoms with Gasteiger partial charge in [0.15, 0.2) is 0 Å². The third-order valence-corrected chi connectivity index (χ3v) is 8.41. The second-order valence-electron chi connectivity index (χ2n) is 11.6. The molecule has 0 aromatic heterocycles. The Labute approximate surface area is 256 Å². The normalized spacial score (nSPS) is 11.7. The van der Waals surface area contributed by atoms with Gasteiger partial charge in [-0.05, 0) is 38.5 Å². The topological polar surface area (TPSA) is 105 Å². The molecule has 6 nitrogen and oxygen atoms in total. The molecule has 0 bridgehead atoms. The molecule has 0 aromatic carbocycles. The van der Waals surface area contributed by atoms with Gasteiger partial charge in [-0.1, -0.05) is 161 Å². The standard InChI is InChI=1S/C34H66O5S.H3N/c1-3-5-7-9-11-13-15-17-19-20-22-24-26-28-30-32-34(35)39-40(36,37)38-33-31-29-27-25-23-21-18-16-14-12-10-8-6-4-2;/h17,19H,3-16,18,20-33H2,1-2H3;1H3. The largest absolute Gasteiger partial charge is 0.451 e. The molecule has 0 atom stereocenters. The third kappa shape index (κ3) is 35.2. The van der Waals surface area contributed by atoms with Gasteiger partial charge in [0.2, 0.25) is 0 Å². The number of hydrogen-bond donors (Lipinski definition) is 1. The Balaban J connectivity index is 0. The summed E-state index contributed by atoms with van der Waals surface area (Å²) in [4.78, 5) is 11.9. The van der Waals surface area contributed by atoms with E-state index >= 15 is 0 Å². The maximum Gasteiger partial charge on any atom is 0.451 e. The Hall–Kier alpha value is -0.920. The van der Waals surface area contributed by atoms with Crippen molar-refractivity contribution in [2.45, 2.75) is 194 Å². The molecule has 0 heterocycles. The fraction of sp³-hybridized carbons (Fsp3) is 0.912. The van der Waals surface area contributed by atoms with E-state index in [4.69, 9.17) is 4.18 Å². The fourth-order valence-electron chi connectivity index (χ4n) is 4.98. The van der Waals surface area contributed by atoms with Crippen molar-refractivity contribution in [2.75, 3.05) is 6.61 Å². The van der Waals surface area contributed by atoms with Crippen molar-refractivity contribution in [3.05, 3.63) is 12.2 Å². The first-order valence-corrected chi connectivity index (χ1v) is 18.6. The number of allylic oxidation sites excluding steroid dienone is 2. The van der Waals surface area contributed by atoms with Crippen molar-refractivity contribution in [3.8, 4) is 0 Å². The van der Waals surface area contributed by atoms with Gasteiger partial charge in [-0.25, -0.2) is 4.18 Å². The van der Waals surface area contributed by atoms with E-state index in [2.05, 4.69) is 30.2 Å². The Bertz CT molecular complexity index is 666. The minimum Gasteiger partial charge on any atom is -0.344 e. The van der Waals surface area contributed by atoms with Crippen molar-refractivity contribution in [3.63, 3.8) is 0 Å². The van der Waals surface area contributed by atoms with E-state index in [0.29, 0.717) is 12.8 Å². The molecule has 0 rings (SSSR count). The van der Waals surface area contributed by atoms with Crippen LogP contribution in [0.25, 0.3) is 0 Å². The molecule has 0 aliphatic heterocycles. The molecule has 0 aliphatic rings. The lowest BCUT2D eigenvalue weighted by atomic mass is 10.0. The highest BCUT2D eigenvalue weighted by molar-refractivity contribution is 7.82. The van der Waals surface area contributed by atoms with E-state index in [1.807, 2.05) is 0 Å². The number of carbonyl (C=O) groups excluding carboxylic acids is 1. The van der Waals surface area contributed by atoms with E-state index in [1.54, 1.807) is 0 Å². The molecule has 7 heteroatoms. The maximum atomic E-state index is 11.9. The first kappa shape index (κ1) is 42.2. The van der Waals surface area contributed by atoms with E-state index in [-0.39, 0.29) is 19.2 Å². The average molecular weight is 604 g/mol. The summed E-state index contributed by atoms with van der Waals surface area (Å²) in [6.45, 7) is 4.59. The zero-order valence-corrected chi connectivity index (χ0v) is 28.1. The van der Waals surface area contributed by atoms with Crippen LogP contribution in [-0.4, -0.2) is 21.0 Å². The predicted molar refractivity (Wildman–Crippen MR) is 176 cm³/mol. The number of hydrogen-bond acceptors (Lipinski definition) is 6. The molecule has 0 spiro atoms. The van der Waals surface area contributed by atoms with Crippen molar-refractivity contribution < 1.29 is 21.6 Å². The van der Waals surface area contributed by atoms with Crippen LogP contribution in [0.4, 0.5) is 0 Å². The molecule has 0 aromatic rings. The lowest BCUT2D eigenvalue weighted by molar-refractivity contribution is -0.134. The second kappa shape index (κ2) is 33.6. The molecule has 0 radical (unpaired) electrons. The van der Waals surface area contributed by atoms with Crippen LogP contribution in [-0.2, 0) is 23.6 Å². The van der Waals surface area contributed by atoms with Gasteiger partial charge in [0.05, 0.1) is 6.61 Å². The van der Waals surface area contributed by atoms with Crippen molar-refractivity contribution >= 4 is 16.4 Å². The average Bonchev–Trinajstić information content (AvgIpc) is 2.92. The summed E-state index contributed by atoms with van der Waals surface area (Å²) in [5.74, 6) is -0.710. The monoisotopic (exact) mass is 603 g/mol. The van der Waals surface area contributed by atoms with Crippen molar-refractivity contribution in [1.82, 2.24) is 6.15 Å². The Morgan fingerprint density at radius 2 is 0.854 bits per heavy atom. The van der Waals surface area contributed by atoms with Gasteiger partial charge in [0.25, 0.3) is 0 Å². The summed E-state index contributed by atoms with van der Waals surface area (Å²) in [6, 6.07) is 0. The number of unbranched alkanes of at least 4 members (excludes halogenated alkanes) is 24. The molecular formula is C34H69NO5S. The highest BCUT2D eigenvalue weighted by Gasteiger charge is 2.17. The quantitative estimate of drug-likeness (QED) is 0.0605. The Morgan fingerprint density at radius 1 is 0.512 bits per heavy atom. The maximum absolute atomic E-state index is 11.9. The summed E-state index contributed by atoms with van der Waals surface area (Å²) >= 11 is 0. The highest BCUT2D eigenvalue weighted by Crippen LogP contribution is 2.14. The first-order chi connectivity index (χ1) is 19.5. The number of rotatable bonds is 32. The van der Waals surface area contributed by atoms with Gasteiger partial charge >= 0.3 is 16.4 Å². The summed E-state index contributed by atoms with van der Waals surface area (Å²) in [6.07, 6.45) is 37.4. The zero-order valence-electron chi connectivity index (χ0n) is 27.3. The van der Waals surface area contributed by atoms with Gasteiger partial charge in [-0.3, -0.25) is 4.79 Å². The van der Waals surface area contributed by atoms with Gasteiger partial charge in [0, 0.05) is 6.42 Å². The predicted octanol–water partition coefficient (Wildman–Crippen LogP) is 11.5. The van der Waals surface area contributed by atoms with Crippen LogP contribution >= 0.6 is 0 Å². The minimum atomic E-state index is -4.23. The van der Waals surface area contributed by atoms with Gasteiger partial charge < -0.3 is 10.3 Å². The van der Waals surface area contributed by atoms with Crippen LogP contribution < -0.4 is 6.15 Å². The number of carbonyl (C=O) groups is 1. The third-order valence-electron chi connectivity index (χ3n) is 7.56. The minimum absolute atomic E-state index is 0. The van der Waals surface area contributed by atoms with Crippen LogP contribution in [0.15, 0.2) is 12.2 Å². The molecule has 0 aliphatic carbocycles. The van der Waals surface area contributed by atoms with Crippen LogP contribution in [0, 0.1) is 0 Å². The van der Waals surface area contributed by atoms with Crippen molar-refractivity contribution in [1.29, 1.82) is 0 Å². The van der Waals surface area contributed by atoms with Gasteiger partial charge in [0.1, 0.15) is 0 Å². The molecule has 246 valence electrons. The van der Waals surface area contributed by atoms with E-state index in [1.165, 1.54) is 122 Å². The summed E-state index contributed by atoms with van der Waals surface area (Å²) in [7, 11) is -4.23. The molecule has 0 unspecified atom stereocenters. The smallest absolute Gasteiger partial charge is 0.344 e. The fourth-order valence-corrected chi connectivity index (χ4v) is 5.66. The molecular weight excluding hydrogens is 534 g/mol. The van der Waals surface area contributed by atoms with Crippen LogP contribution in [0.5, 0.6) is 0 Å². The molecule has 0 amide bonds. The first-order valence-electron chi connectivity index (χ1n) is 17.3.